The number of piperidine rings is 1. The van der Waals surface area contributed by atoms with Gasteiger partial charge in [-0.05, 0) is 30.5 Å². The van der Waals surface area contributed by atoms with Gasteiger partial charge in [-0.2, -0.15) is 0 Å². The molecule has 1 aliphatic heterocycles. The zero-order chi connectivity index (χ0) is 19.6. The molecule has 0 aliphatic carbocycles. The molecule has 2 aromatic rings. The second-order valence-electron chi connectivity index (χ2n) is 6.77. The van der Waals surface area contributed by atoms with E-state index in [0.717, 1.165) is 24.2 Å². The molecule has 1 saturated heterocycles. The third kappa shape index (κ3) is 6.30. The van der Waals surface area contributed by atoms with E-state index in [1.807, 2.05) is 65.6 Å². The SMILES string of the molecule is O=C(NC1CCN(C(=O)CCOc2ccccc2)CC1)OCc1ccccc1. The molecule has 28 heavy (non-hydrogen) atoms. The van der Waals surface area contributed by atoms with Crippen LogP contribution in [0.25, 0.3) is 0 Å². The first-order chi connectivity index (χ1) is 13.7. The molecule has 0 radical (unpaired) electrons. The van der Waals surface area contributed by atoms with Crippen molar-refractivity contribution in [2.45, 2.75) is 31.9 Å². The first kappa shape index (κ1) is 19.7. The number of carbonyl (C=O) groups is 2. The molecule has 0 unspecified atom stereocenters. The van der Waals surface area contributed by atoms with Gasteiger partial charge in [0.25, 0.3) is 0 Å². The highest BCUT2D eigenvalue weighted by Gasteiger charge is 2.24. The van der Waals surface area contributed by atoms with E-state index in [4.69, 9.17) is 9.47 Å². The van der Waals surface area contributed by atoms with Crippen LogP contribution in [0.2, 0.25) is 0 Å². The van der Waals surface area contributed by atoms with E-state index in [1.54, 1.807) is 0 Å². The minimum atomic E-state index is -0.412. The van der Waals surface area contributed by atoms with Crippen molar-refractivity contribution in [2.75, 3.05) is 19.7 Å². The fourth-order valence-electron chi connectivity index (χ4n) is 3.14. The summed E-state index contributed by atoms with van der Waals surface area (Å²) in [5.41, 5.74) is 0.954. The number of likely N-dealkylation sites (tertiary alicyclic amines) is 1. The molecule has 0 bridgehead atoms. The van der Waals surface area contributed by atoms with Crippen LogP contribution in [0, 0.1) is 0 Å². The van der Waals surface area contributed by atoms with E-state index in [9.17, 15) is 9.59 Å². The van der Waals surface area contributed by atoms with Crippen molar-refractivity contribution in [3.05, 3.63) is 66.2 Å². The average Bonchev–Trinajstić information content (AvgIpc) is 2.74. The lowest BCUT2D eigenvalue weighted by Crippen LogP contribution is -2.46. The van der Waals surface area contributed by atoms with Crippen molar-refractivity contribution in [2.24, 2.45) is 0 Å². The lowest BCUT2D eigenvalue weighted by atomic mass is 10.1. The van der Waals surface area contributed by atoms with Gasteiger partial charge < -0.3 is 19.7 Å². The monoisotopic (exact) mass is 382 g/mol. The van der Waals surface area contributed by atoms with Gasteiger partial charge in [0.05, 0.1) is 13.0 Å². The summed E-state index contributed by atoms with van der Waals surface area (Å²) >= 11 is 0. The Hall–Kier alpha value is -3.02. The lowest BCUT2D eigenvalue weighted by Gasteiger charge is -2.32. The zero-order valence-corrected chi connectivity index (χ0v) is 15.9. The number of hydrogen-bond donors (Lipinski definition) is 1. The molecule has 0 spiro atoms. The maximum absolute atomic E-state index is 12.3. The molecule has 0 atom stereocenters. The molecule has 2 aromatic carbocycles. The molecule has 1 N–H and O–H groups in total. The number of ether oxygens (including phenoxy) is 2. The highest BCUT2D eigenvalue weighted by atomic mass is 16.5. The smallest absolute Gasteiger partial charge is 0.407 e. The highest BCUT2D eigenvalue weighted by Crippen LogP contribution is 2.13. The van der Waals surface area contributed by atoms with Crippen molar-refractivity contribution >= 4 is 12.0 Å². The Balaban J connectivity index is 1.31. The predicted molar refractivity (Wildman–Crippen MR) is 106 cm³/mol. The van der Waals surface area contributed by atoms with Gasteiger partial charge in [-0.1, -0.05) is 48.5 Å². The van der Waals surface area contributed by atoms with Gasteiger partial charge in [0, 0.05) is 19.1 Å². The van der Waals surface area contributed by atoms with Crippen LogP contribution in [0.3, 0.4) is 0 Å². The highest BCUT2D eigenvalue weighted by molar-refractivity contribution is 5.76. The van der Waals surface area contributed by atoms with Gasteiger partial charge in [0.15, 0.2) is 0 Å². The number of hydrogen-bond acceptors (Lipinski definition) is 4. The summed E-state index contributed by atoms with van der Waals surface area (Å²) in [4.78, 5) is 26.1. The number of nitrogens with zero attached hydrogens (tertiary/aromatic N) is 1. The van der Waals surface area contributed by atoms with Crippen LogP contribution in [-0.2, 0) is 16.1 Å². The summed E-state index contributed by atoms with van der Waals surface area (Å²) in [5.74, 6) is 0.855. The zero-order valence-electron chi connectivity index (χ0n) is 15.9. The van der Waals surface area contributed by atoms with Gasteiger partial charge in [0.2, 0.25) is 5.91 Å². The Morgan fingerprint density at radius 1 is 0.964 bits per heavy atom. The second-order valence-corrected chi connectivity index (χ2v) is 6.77. The molecule has 6 nitrogen and oxygen atoms in total. The molecule has 1 heterocycles. The summed E-state index contributed by atoms with van der Waals surface area (Å²) in [5, 5.41) is 2.89. The van der Waals surface area contributed by atoms with Crippen LogP contribution in [0.1, 0.15) is 24.8 Å². The molecular weight excluding hydrogens is 356 g/mol. The first-order valence-corrected chi connectivity index (χ1v) is 9.63. The minimum absolute atomic E-state index is 0.0351. The fourth-order valence-corrected chi connectivity index (χ4v) is 3.14. The van der Waals surface area contributed by atoms with Crippen molar-refractivity contribution in [3.8, 4) is 5.75 Å². The molecule has 1 aliphatic rings. The van der Waals surface area contributed by atoms with E-state index in [0.29, 0.717) is 26.1 Å². The Morgan fingerprint density at radius 3 is 2.29 bits per heavy atom. The van der Waals surface area contributed by atoms with Gasteiger partial charge in [0.1, 0.15) is 12.4 Å². The molecule has 0 saturated carbocycles. The first-order valence-electron chi connectivity index (χ1n) is 9.63. The van der Waals surface area contributed by atoms with Gasteiger partial charge in [-0.15, -0.1) is 0 Å². The van der Waals surface area contributed by atoms with Crippen LogP contribution in [-0.4, -0.2) is 42.6 Å². The standard InChI is InChI=1S/C22H26N2O4/c25-21(13-16-27-20-9-5-2-6-10-20)24-14-11-19(12-15-24)23-22(26)28-17-18-7-3-1-4-8-18/h1-10,19H,11-17H2,(H,23,26). The molecule has 6 heteroatoms. The number of para-hydroxylation sites is 1. The number of alkyl carbamates (subject to hydrolysis) is 1. The number of rotatable bonds is 7. The second kappa shape index (κ2) is 10.3. The van der Waals surface area contributed by atoms with E-state index in [-0.39, 0.29) is 18.6 Å². The van der Waals surface area contributed by atoms with Crippen molar-refractivity contribution in [1.82, 2.24) is 10.2 Å². The normalized spacial score (nSPS) is 14.4. The molecule has 3 rings (SSSR count). The topological polar surface area (TPSA) is 67.9 Å². The number of nitrogens with one attached hydrogen (secondary N) is 1. The summed E-state index contributed by atoms with van der Waals surface area (Å²) < 4.78 is 10.8. The van der Waals surface area contributed by atoms with E-state index < -0.39 is 6.09 Å². The molecule has 148 valence electrons. The molecular formula is C22H26N2O4. The van der Waals surface area contributed by atoms with E-state index >= 15 is 0 Å². The Kier molecular flexibility index (Phi) is 7.29. The maximum atomic E-state index is 12.3. The van der Waals surface area contributed by atoms with Crippen molar-refractivity contribution in [1.29, 1.82) is 0 Å². The number of carbonyl (C=O) groups excluding carboxylic acids is 2. The van der Waals surface area contributed by atoms with Crippen LogP contribution < -0.4 is 10.1 Å². The number of benzene rings is 2. The summed E-state index contributed by atoms with van der Waals surface area (Å²) in [7, 11) is 0. The maximum Gasteiger partial charge on any atom is 0.407 e. The van der Waals surface area contributed by atoms with Crippen LogP contribution in [0.15, 0.2) is 60.7 Å². The van der Waals surface area contributed by atoms with Gasteiger partial charge in [-0.3, -0.25) is 4.79 Å². The quantitative estimate of drug-likeness (QED) is 0.797. The van der Waals surface area contributed by atoms with Gasteiger partial charge in [-0.25, -0.2) is 4.79 Å². The van der Waals surface area contributed by atoms with E-state index in [1.165, 1.54) is 0 Å². The van der Waals surface area contributed by atoms with Crippen LogP contribution in [0.4, 0.5) is 4.79 Å². The Bertz CT molecular complexity index is 744. The molecule has 0 aromatic heterocycles. The largest absolute Gasteiger partial charge is 0.493 e. The van der Waals surface area contributed by atoms with Crippen molar-refractivity contribution in [3.63, 3.8) is 0 Å². The van der Waals surface area contributed by atoms with Gasteiger partial charge >= 0.3 is 6.09 Å². The minimum Gasteiger partial charge on any atom is -0.493 e. The summed E-state index contributed by atoms with van der Waals surface area (Å²) in [6.07, 6.45) is 1.40. The fraction of sp³-hybridized carbons (Fsp3) is 0.364. The van der Waals surface area contributed by atoms with Crippen LogP contribution in [0.5, 0.6) is 5.75 Å². The molecule has 2 amide bonds. The third-order valence-electron chi connectivity index (χ3n) is 4.71. The summed E-state index contributed by atoms with van der Waals surface area (Å²) in [6, 6.07) is 19.1. The van der Waals surface area contributed by atoms with Crippen LogP contribution >= 0.6 is 0 Å². The third-order valence-corrected chi connectivity index (χ3v) is 4.71. The van der Waals surface area contributed by atoms with E-state index in [2.05, 4.69) is 5.32 Å². The average molecular weight is 382 g/mol. The Morgan fingerprint density at radius 2 is 1.61 bits per heavy atom. The number of amides is 2. The summed E-state index contributed by atoms with van der Waals surface area (Å²) in [6.45, 7) is 1.89. The lowest BCUT2D eigenvalue weighted by molar-refractivity contribution is -0.132. The molecule has 1 fully saturated rings. The van der Waals surface area contributed by atoms with Crippen molar-refractivity contribution < 1.29 is 19.1 Å². The predicted octanol–water partition coefficient (Wildman–Crippen LogP) is 3.37. The Labute approximate surface area is 165 Å².